The number of nitriles is 1. The number of nitro groups is 1. The Kier molecular flexibility index (Phi) is 4.91. The van der Waals surface area contributed by atoms with Crippen molar-refractivity contribution in [2.24, 2.45) is 0 Å². The highest BCUT2D eigenvalue weighted by molar-refractivity contribution is 5.52. The van der Waals surface area contributed by atoms with E-state index in [4.69, 9.17) is 14.7 Å². The first-order valence-electron chi connectivity index (χ1n) is 4.99. The van der Waals surface area contributed by atoms with E-state index in [9.17, 15) is 10.1 Å². The molecule has 6 heteroatoms. The number of nitro benzene ring substituents is 1. The SMILES string of the molecule is COCCCOc1ccc([N+](=O)[O-])c(C#N)c1. The second-order valence-corrected chi connectivity index (χ2v) is 3.24. The van der Waals surface area contributed by atoms with Crippen LogP contribution in [0.5, 0.6) is 5.75 Å². The molecule has 0 N–H and O–H groups in total. The summed E-state index contributed by atoms with van der Waals surface area (Å²) in [5.74, 6) is 0.447. The second kappa shape index (κ2) is 6.45. The Bertz CT molecular complexity index is 440. The lowest BCUT2D eigenvalue weighted by atomic mass is 10.2. The molecule has 0 aromatic heterocycles. The average Bonchev–Trinajstić information content (AvgIpc) is 2.34. The summed E-state index contributed by atoms with van der Waals surface area (Å²) < 4.78 is 10.2. The normalized spacial score (nSPS) is 9.65. The van der Waals surface area contributed by atoms with Crippen molar-refractivity contribution in [2.45, 2.75) is 6.42 Å². The fourth-order valence-corrected chi connectivity index (χ4v) is 1.25. The Morgan fingerprint density at radius 1 is 1.47 bits per heavy atom. The minimum absolute atomic E-state index is 0.000702. The molecular formula is C11H12N2O4. The van der Waals surface area contributed by atoms with Gasteiger partial charge in [0.25, 0.3) is 5.69 Å². The van der Waals surface area contributed by atoms with Gasteiger partial charge in [-0.15, -0.1) is 0 Å². The molecule has 1 aromatic rings. The van der Waals surface area contributed by atoms with Gasteiger partial charge in [0.2, 0.25) is 0 Å². The maximum atomic E-state index is 10.6. The van der Waals surface area contributed by atoms with Crippen molar-refractivity contribution in [1.29, 1.82) is 5.26 Å². The summed E-state index contributed by atoms with van der Waals surface area (Å²) in [5.41, 5.74) is -0.212. The number of ether oxygens (including phenoxy) is 2. The van der Waals surface area contributed by atoms with Crippen molar-refractivity contribution < 1.29 is 14.4 Å². The standard InChI is InChI=1S/C11H12N2O4/c1-16-5-2-6-17-10-3-4-11(13(14)15)9(7-10)8-12/h3-4,7H,2,5-6H2,1H3. The Balaban J connectivity index is 2.70. The third kappa shape index (κ3) is 3.74. The molecule has 1 aromatic carbocycles. The summed E-state index contributed by atoms with van der Waals surface area (Å²) in [5, 5.41) is 19.4. The summed E-state index contributed by atoms with van der Waals surface area (Å²) in [4.78, 5) is 10.00. The third-order valence-electron chi connectivity index (χ3n) is 2.05. The van der Waals surface area contributed by atoms with Crippen molar-refractivity contribution in [3.63, 3.8) is 0 Å². The van der Waals surface area contributed by atoms with Gasteiger partial charge in [-0.3, -0.25) is 10.1 Å². The summed E-state index contributed by atoms with van der Waals surface area (Å²) in [6.07, 6.45) is 0.718. The van der Waals surface area contributed by atoms with Crippen molar-refractivity contribution in [3.8, 4) is 11.8 Å². The van der Waals surface area contributed by atoms with Crippen molar-refractivity contribution >= 4 is 5.69 Å². The summed E-state index contributed by atoms with van der Waals surface area (Å²) >= 11 is 0. The first-order chi connectivity index (χ1) is 8.19. The number of hydrogen-bond donors (Lipinski definition) is 0. The molecule has 0 heterocycles. The lowest BCUT2D eigenvalue weighted by Gasteiger charge is -2.05. The van der Waals surface area contributed by atoms with E-state index in [-0.39, 0.29) is 11.3 Å². The van der Waals surface area contributed by atoms with Gasteiger partial charge in [-0.2, -0.15) is 5.26 Å². The first kappa shape index (κ1) is 12.9. The van der Waals surface area contributed by atoms with Gasteiger partial charge in [0.1, 0.15) is 17.4 Å². The average molecular weight is 236 g/mol. The number of rotatable bonds is 6. The van der Waals surface area contributed by atoms with E-state index in [0.29, 0.717) is 19.0 Å². The lowest BCUT2D eigenvalue weighted by Crippen LogP contribution is -2.02. The molecule has 0 saturated heterocycles. The Labute approximate surface area is 98.5 Å². The molecule has 0 amide bonds. The van der Waals surface area contributed by atoms with E-state index >= 15 is 0 Å². The van der Waals surface area contributed by atoms with Crippen LogP contribution in [0.15, 0.2) is 18.2 Å². The Morgan fingerprint density at radius 3 is 2.82 bits per heavy atom. The van der Waals surface area contributed by atoms with E-state index in [0.717, 1.165) is 6.42 Å². The van der Waals surface area contributed by atoms with E-state index in [2.05, 4.69) is 0 Å². The molecule has 0 unspecified atom stereocenters. The van der Waals surface area contributed by atoms with Crippen molar-refractivity contribution in [3.05, 3.63) is 33.9 Å². The number of nitrogens with zero attached hydrogens (tertiary/aromatic N) is 2. The molecule has 0 aliphatic rings. The van der Waals surface area contributed by atoms with Crippen LogP contribution in [0.1, 0.15) is 12.0 Å². The molecule has 0 aliphatic heterocycles. The minimum atomic E-state index is -0.590. The molecule has 0 radical (unpaired) electrons. The van der Waals surface area contributed by atoms with Gasteiger partial charge in [0, 0.05) is 32.3 Å². The highest BCUT2D eigenvalue weighted by atomic mass is 16.6. The van der Waals surface area contributed by atoms with Crippen LogP contribution in [-0.4, -0.2) is 25.2 Å². The summed E-state index contributed by atoms with van der Waals surface area (Å²) in [6, 6.07) is 5.88. The van der Waals surface area contributed by atoms with Crippen LogP contribution >= 0.6 is 0 Å². The molecule has 1 rings (SSSR count). The molecule has 0 bridgehead atoms. The van der Waals surface area contributed by atoms with Crippen molar-refractivity contribution in [2.75, 3.05) is 20.3 Å². The molecule has 0 atom stereocenters. The van der Waals surface area contributed by atoms with Crippen LogP contribution in [0.3, 0.4) is 0 Å². The maximum Gasteiger partial charge on any atom is 0.287 e. The predicted molar refractivity (Wildman–Crippen MR) is 59.8 cm³/mol. The van der Waals surface area contributed by atoms with E-state index < -0.39 is 4.92 Å². The monoisotopic (exact) mass is 236 g/mol. The van der Waals surface area contributed by atoms with Gasteiger partial charge < -0.3 is 9.47 Å². The molecule has 0 saturated carbocycles. The number of hydrogen-bond acceptors (Lipinski definition) is 5. The Morgan fingerprint density at radius 2 is 2.24 bits per heavy atom. The second-order valence-electron chi connectivity index (χ2n) is 3.24. The summed E-state index contributed by atoms with van der Waals surface area (Å²) in [7, 11) is 1.60. The van der Waals surface area contributed by atoms with Crippen LogP contribution in [0.25, 0.3) is 0 Å². The van der Waals surface area contributed by atoms with Crippen LogP contribution in [0.2, 0.25) is 0 Å². The van der Waals surface area contributed by atoms with E-state index in [1.165, 1.54) is 18.2 Å². The zero-order valence-electron chi connectivity index (χ0n) is 9.38. The molecule has 0 fully saturated rings. The topological polar surface area (TPSA) is 85.4 Å². The van der Waals surface area contributed by atoms with E-state index in [1.54, 1.807) is 13.2 Å². The zero-order valence-corrected chi connectivity index (χ0v) is 9.38. The molecule has 17 heavy (non-hydrogen) atoms. The van der Waals surface area contributed by atoms with E-state index in [1.807, 2.05) is 0 Å². The largest absolute Gasteiger partial charge is 0.493 e. The molecule has 0 aliphatic carbocycles. The molecule has 90 valence electrons. The maximum absolute atomic E-state index is 10.6. The highest BCUT2D eigenvalue weighted by Gasteiger charge is 2.13. The van der Waals surface area contributed by atoms with Crippen molar-refractivity contribution in [1.82, 2.24) is 0 Å². The molecule has 6 nitrogen and oxygen atoms in total. The van der Waals surface area contributed by atoms with Crippen LogP contribution in [0.4, 0.5) is 5.69 Å². The zero-order chi connectivity index (χ0) is 12.7. The molecular weight excluding hydrogens is 224 g/mol. The molecule has 0 spiro atoms. The minimum Gasteiger partial charge on any atom is -0.493 e. The first-order valence-corrected chi connectivity index (χ1v) is 4.99. The van der Waals surface area contributed by atoms with Crippen LogP contribution in [-0.2, 0) is 4.74 Å². The van der Waals surface area contributed by atoms with Gasteiger partial charge in [0.15, 0.2) is 0 Å². The lowest BCUT2D eigenvalue weighted by molar-refractivity contribution is -0.385. The van der Waals surface area contributed by atoms with Gasteiger partial charge in [-0.25, -0.2) is 0 Å². The highest BCUT2D eigenvalue weighted by Crippen LogP contribution is 2.23. The van der Waals surface area contributed by atoms with Crippen LogP contribution < -0.4 is 4.74 Å². The van der Waals surface area contributed by atoms with Gasteiger partial charge in [-0.05, 0) is 6.07 Å². The quantitative estimate of drug-likeness (QED) is 0.427. The number of benzene rings is 1. The third-order valence-corrected chi connectivity index (χ3v) is 2.05. The summed E-state index contributed by atoms with van der Waals surface area (Å²) in [6.45, 7) is 1.02. The predicted octanol–water partition coefficient (Wildman–Crippen LogP) is 1.88. The van der Waals surface area contributed by atoms with Gasteiger partial charge in [-0.1, -0.05) is 0 Å². The van der Waals surface area contributed by atoms with Gasteiger partial charge >= 0.3 is 0 Å². The van der Waals surface area contributed by atoms with Crippen LogP contribution in [0, 0.1) is 21.4 Å². The smallest absolute Gasteiger partial charge is 0.287 e. The van der Waals surface area contributed by atoms with Gasteiger partial charge in [0.05, 0.1) is 11.5 Å². The fraction of sp³-hybridized carbons (Fsp3) is 0.364. The fourth-order valence-electron chi connectivity index (χ4n) is 1.25. The Hall–Kier alpha value is -2.13. The number of methoxy groups -OCH3 is 1.